The van der Waals surface area contributed by atoms with Crippen molar-refractivity contribution in [1.29, 1.82) is 0 Å². The van der Waals surface area contributed by atoms with Crippen LogP contribution < -0.4 is 0 Å². The normalized spacial score (nSPS) is 12.6. The number of esters is 1. The van der Waals surface area contributed by atoms with E-state index in [2.05, 4.69) is 28.9 Å². The van der Waals surface area contributed by atoms with Gasteiger partial charge >= 0.3 is 5.97 Å². The molecular formula is C14H17BrO2. The third-order valence-electron chi connectivity index (χ3n) is 2.50. The number of hydrogen-bond acceptors (Lipinski definition) is 2. The first kappa shape index (κ1) is 14.0. The number of ether oxygens (including phenoxy) is 1. The van der Waals surface area contributed by atoms with Crippen LogP contribution >= 0.6 is 15.9 Å². The van der Waals surface area contributed by atoms with E-state index in [9.17, 15) is 4.79 Å². The van der Waals surface area contributed by atoms with Crippen LogP contribution in [0.15, 0.2) is 40.9 Å². The number of halogens is 1. The van der Waals surface area contributed by atoms with Gasteiger partial charge in [-0.1, -0.05) is 47.1 Å². The molecule has 3 heteroatoms. The van der Waals surface area contributed by atoms with E-state index in [4.69, 9.17) is 4.74 Å². The molecule has 1 aromatic carbocycles. The molecule has 92 valence electrons. The van der Waals surface area contributed by atoms with Crippen LogP contribution in [0.2, 0.25) is 0 Å². The summed E-state index contributed by atoms with van der Waals surface area (Å²) in [7, 11) is 0. The lowest BCUT2D eigenvalue weighted by molar-refractivity contribution is -0.137. The van der Waals surface area contributed by atoms with E-state index < -0.39 is 0 Å². The zero-order valence-corrected chi connectivity index (χ0v) is 11.7. The fourth-order valence-corrected chi connectivity index (χ4v) is 2.20. The minimum Gasteiger partial charge on any atom is -0.463 e. The molecule has 17 heavy (non-hydrogen) atoms. The highest BCUT2D eigenvalue weighted by molar-refractivity contribution is 9.10. The van der Waals surface area contributed by atoms with Crippen LogP contribution in [0.25, 0.3) is 0 Å². The molecule has 0 saturated heterocycles. The molecule has 0 saturated carbocycles. The topological polar surface area (TPSA) is 26.3 Å². The third-order valence-corrected chi connectivity index (χ3v) is 3.22. The molecule has 0 aliphatic carbocycles. The Morgan fingerprint density at radius 2 is 2.12 bits per heavy atom. The molecule has 0 heterocycles. The minimum atomic E-state index is -0.280. The van der Waals surface area contributed by atoms with Crippen molar-refractivity contribution in [1.82, 2.24) is 0 Å². The summed E-state index contributed by atoms with van der Waals surface area (Å²) >= 11 is 3.53. The summed E-state index contributed by atoms with van der Waals surface area (Å²) in [5, 5.41) is 0. The molecule has 2 nitrogen and oxygen atoms in total. The maximum Gasteiger partial charge on any atom is 0.330 e. The summed E-state index contributed by atoms with van der Waals surface area (Å²) in [5.41, 5.74) is 1.19. The maximum atomic E-state index is 11.3. The van der Waals surface area contributed by atoms with Crippen LogP contribution in [0, 0.1) is 0 Å². The molecule has 0 spiro atoms. The van der Waals surface area contributed by atoms with Gasteiger partial charge in [0.05, 0.1) is 6.61 Å². The predicted molar refractivity (Wildman–Crippen MR) is 72.9 cm³/mol. The Balaban J connectivity index is 2.79. The van der Waals surface area contributed by atoms with E-state index in [0.29, 0.717) is 6.61 Å². The van der Waals surface area contributed by atoms with Crippen molar-refractivity contribution >= 4 is 21.9 Å². The third kappa shape index (κ3) is 4.35. The van der Waals surface area contributed by atoms with E-state index in [-0.39, 0.29) is 11.9 Å². The van der Waals surface area contributed by atoms with Gasteiger partial charge in [0.1, 0.15) is 0 Å². The van der Waals surface area contributed by atoms with Crippen molar-refractivity contribution in [3.05, 3.63) is 46.5 Å². The summed E-state index contributed by atoms with van der Waals surface area (Å²) < 4.78 is 5.94. The van der Waals surface area contributed by atoms with Gasteiger partial charge in [0.15, 0.2) is 0 Å². The van der Waals surface area contributed by atoms with Gasteiger partial charge in [-0.25, -0.2) is 4.79 Å². The second-order valence-corrected chi connectivity index (χ2v) is 4.50. The number of hydrogen-bond donors (Lipinski definition) is 0. The fraction of sp³-hybridized carbons (Fsp3) is 0.357. The lowest BCUT2D eigenvalue weighted by atomic mass is 9.96. The molecular weight excluding hydrogens is 280 g/mol. The smallest absolute Gasteiger partial charge is 0.330 e. The summed E-state index contributed by atoms with van der Waals surface area (Å²) in [6.45, 7) is 4.31. The van der Waals surface area contributed by atoms with Gasteiger partial charge in [-0.15, -0.1) is 0 Å². The lowest BCUT2D eigenvalue weighted by Gasteiger charge is -2.12. The first-order valence-corrected chi connectivity index (χ1v) is 6.57. The van der Waals surface area contributed by atoms with Crippen molar-refractivity contribution in [3.8, 4) is 0 Å². The van der Waals surface area contributed by atoms with Crippen LogP contribution in [0.5, 0.6) is 0 Å². The molecule has 0 radical (unpaired) electrons. The molecule has 0 aliphatic rings. The molecule has 0 amide bonds. The molecule has 0 fully saturated rings. The average Bonchev–Trinajstić information content (AvgIpc) is 2.32. The molecule has 0 bridgehead atoms. The van der Waals surface area contributed by atoms with Gasteiger partial charge in [-0.2, -0.15) is 0 Å². The molecule has 0 aromatic heterocycles. The number of carbonyl (C=O) groups is 1. The monoisotopic (exact) mass is 296 g/mol. The van der Waals surface area contributed by atoms with Crippen molar-refractivity contribution in [2.45, 2.75) is 26.2 Å². The Bertz CT molecular complexity index is 399. The molecule has 1 unspecified atom stereocenters. The highest BCUT2D eigenvalue weighted by atomic mass is 79.9. The summed E-state index contributed by atoms with van der Waals surface area (Å²) in [4.78, 5) is 11.3. The zero-order chi connectivity index (χ0) is 12.7. The highest BCUT2D eigenvalue weighted by Crippen LogP contribution is 2.28. The van der Waals surface area contributed by atoms with E-state index in [1.165, 1.54) is 11.6 Å². The maximum absolute atomic E-state index is 11.3. The summed E-state index contributed by atoms with van der Waals surface area (Å²) in [5.74, 6) is -0.0482. The van der Waals surface area contributed by atoms with Crippen molar-refractivity contribution in [2.24, 2.45) is 0 Å². The van der Waals surface area contributed by atoms with E-state index in [0.717, 1.165) is 10.9 Å². The number of carbonyl (C=O) groups excluding carboxylic acids is 1. The standard InChI is InChI=1S/C14H17BrO2/c1-3-11(9-10-14(16)17-4-2)12-7-5-6-8-13(12)15/h5-11H,3-4H2,1-2H3/b10-9+. The molecule has 0 N–H and O–H groups in total. The van der Waals surface area contributed by atoms with Crippen LogP contribution in [-0.2, 0) is 9.53 Å². The van der Waals surface area contributed by atoms with Gasteiger partial charge in [-0.05, 0) is 25.0 Å². The van der Waals surface area contributed by atoms with E-state index in [1.807, 2.05) is 24.3 Å². The average molecular weight is 297 g/mol. The van der Waals surface area contributed by atoms with E-state index >= 15 is 0 Å². The van der Waals surface area contributed by atoms with Gasteiger partial charge in [0.2, 0.25) is 0 Å². The van der Waals surface area contributed by atoms with Crippen LogP contribution in [-0.4, -0.2) is 12.6 Å². The Labute approximate surface area is 111 Å². The lowest BCUT2D eigenvalue weighted by Crippen LogP contribution is -2.01. The first-order chi connectivity index (χ1) is 8.19. The van der Waals surface area contributed by atoms with Crippen LogP contribution in [0.1, 0.15) is 31.7 Å². The quantitative estimate of drug-likeness (QED) is 0.605. The number of rotatable bonds is 5. The van der Waals surface area contributed by atoms with Gasteiger partial charge in [-0.3, -0.25) is 0 Å². The Kier molecular flexibility index (Phi) is 5.98. The van der Waals surface area contributed by atoms with Gasteiger partial charge in [0.25, 0.3) is 0 Å². The highest BCUT2D eigenvalue weighted by Gasteiger charge is 2.09. The largest absolute Gasteiger partial charge is 0.463 e. The molecule has 1 rings (SSSR count). The molecule has 1 aromatic rings. The van der Waals surface area contributed by atoms with E-state index in [1.54, 1.807) is 6.92 Å². The summed E-state index contributed by atoms with van der Waals surface area (Å²) in [6.07, 6.45) is 4.35. The van der Waals surface area contributed by atoms with Crippen molar-refractivity contribution in [3.63, 3.8) is 0 Å². The Morgan fingerprint density at radius 1 is 1.41 bits per heavy atom. The SMILES string of the molecule is CCOC(=O)/C=C/C(CC)c1ccccc1Br. The minimum absolute atomic E-state index is 0.231. The second kappa shape index (κ2) is 7.28. The van der Waals surface area contributed by atoms with Crippen LogP contribution in [0.3, 0.4) is 0 Å². The first-order valence-electron chi connectivity index (χ1n) is 5.78. The molecule has 0 aliphatic heterocycles. The predicted octanol–water partition coefficient (Wildman–Crippen LogP) is 4.06. The molecule has 1 atom stereocenters. The Hall–Kier alpha value is -1.09. The number of benzene rings is 1. The van der Waals surface area contributed by atoms with Gasteiger partial charge < -0.3 is 4.74 Å². The zero-order valence-electron chi connectivity index (χ0n) is 10.2. The Morgan fingerprint density at radius 3 is 2.71 bits per heavy atom. The summed E-state index contributed by atoms with van der Waals surface area (Å²) in [6, 6.07) is 8.06. The second-order valence-electron chi connectivity index (χ2n) is 3.65. The number of allylic oxidation sites excluding steroid dienone is 1. The van der Waals surface area contributed by atoms with Crippen molar-refractivity contribution < 1.29 is 9.53 Å². The fourth-order valence-electron chi connectivity index (χ4n) is 1.62. The van der Waals surface area contributed by atoms with Gasteiger partial charge in [0, 0.05) is 16.5 Å². The van der Waals surface area contributed by atoms with Crippen LogP contribution in [0.4, 0.5) is 0 Å². The van der Waals surface area contributed by atoms with Crippen molar-refractivity contribution in [2.75, 3.05) is 6.61 Å².